The number of aryl methyl sites for hydroxylation is 2. The van der Waals surface area contributed by atoms with Gasteiger partial charge in [-0.05, 0) is 61.4 Å². The lowest BCUT2D eigenvalue weighted by molar-refractivity contribution is -0.386. The second-order valence-electron chi connectivity index (χ2n) is 7.24. The number of sulfonamides is 1. The van der Waals surface area contributed by atoms with Gasteiger partial charge in [-0.25, -0.2) is 13.6 Å². The van der Waals surface area contributed by atoms with Crippen LogP contribution in [0.3, 0.4) is 0 Å². The van der Waals surface area contributed by atoms with Gasteiger partial charge in [0.2, 0.25) is 10.0 Å². The van der Waals surface area contributed by atoms with Crippen molar-refractivity contribution in [2.45, 2.75) is 43.5 Å². The van der Waals surface area contributed by atoms with Crippen LogP contribution in [-0.4, -0.2) is 25.9 Å². The normalized spacial score (nSPS) is 14.5. The van der Waals surface area contributed by atoms with E-state index >= 15 is 0 Å². The molecule has 0 saturated heterocycles. The molecule has 0 aliphatic heterocycles. The summed E-state index contributed by atoms with van der Waals surface area (Å²) in [7, 11) is -4.10. The molecule has 1 aliphatic carbocycles. The second-order valence-corrected chi connectivity index (χ2v) is 8.81. The molecule has 0 heterocycles. The molecule has 1 atom stereocenters. The van der Waals surface area contributed by atoms with E-state index < -0.39 is 38.0 Å². The van der Waals surface area contributed by atoms with Gasteiger partial charge < -0.3 is 10.1 Å². The first-order valence-corrected chi connectivity index (χ1v) is 11.0. The molecule has 0 fully saturated rings. The third-order valence-electron chi connectivity index (χ3n) is 5.06. The molecule has 2 aromatic rings. The number of nitro groups is 1. The Morgan fingerprint density at radius 2 is 1.90 bits per heavy atom. The van der Waals surface area contributed by atoms with Gasteiger partial charge in [0, 0.05) is 6.07 Å². The van der Waals surface area contributed by atoms with E-state index in [1.165, 1.54) is 17.5 Å². The highest BCUT2D eigenvalue weighted by Crippen LogP contribution is 2.29. The lowest BCUT2D eigenvalue weighted by Crippen LogP contribution is -2.31. The highest BCUT2D eigenvalue weighted by Gasteiger charge is 2.21. The van der Waals surface area contributed by atoms with Crippen LogP contribution in [0.15, 0.2) is 41.3 Å². The largest absolute Gasteiger partial charge is 0.477 e. The molecule has 9 nitrogen and oxygen atoms in total. The average Bonchev–Trinajstić information content (AvgIpc) is 2.70. The van der Waals surface area contributed by atoms with Gasteiger partial charge in [0.1, 0.15) is 0 Å². The van der Waals surface area contributed by atoms with Crippen molar-refractivity contribution in [3.8, 4) is 5.75 Å². The van der Waals surface area contributed by atoms with Gasteiger partial charge in [-0.1, -0.05) is 18.2 Å². The molecule has 0 saturated carbocycles. The zero-order valence-corrected chi connectivity index (χ0v) is 17.3. The molecule has 1 amide bonds. The van der Waals surface area contributed by atoms with Crippen molar-refractivity contribution in [2.75, 3.05) is 6.61 Å². The van der Waals surface area contributed by atoms with Crippen LogP contribution in [0.25, 0.3) is 0 Å². The third kappa shape index (κ3) is 5.14. The molecular weight excluding hydrogens is 410 g/mol. The Bertz CT molecular complexity index is 1080. The molecule has 10 heteroatoms. The number of ether oxygens (including phenoxy) is 1. The number of amides is 1. The van der Waals surface area contributed by atoms with E-state index in [1.807, 2.05) is 13.0 Å². The molecule has 2 aromatic carbocycles. The minimum absolute atomic E-state index is 0.219. The first kappa shape index (κ1) is 21.7. The number of nitrogens with one attached hydrogen (secondary N) is 1. The summed E-state index contributed by atoms with van der Waals surface area (Å²) in [6, 6.07) is 8.94. The zero-order chi connectivity index (χ0) is 21.9. The predicted molar refractivity (Wildman–Crippen MR) is 110 cm³/mol. The molecule has 1 aliphatic rings. The van der Waals surface area contributed by atoms with E-state index in [-0.39, 0.29) is 11.8 Å². The van der Waals surface area contributed by atoms with Gasteiger partial charge in [-0.15, -0.1) is 0 Å². The maximum absolute atomic E-state index is 12.3. The molecule has 3 N–H and O–H groups in total. The van der Waals surface area contributed by atoms with Gasteiger partial charge >= 0.3 is 5.69 Å². The fourth-order valence-electron chi connectivity index (χ4n) is 3.47. The van der Waals surface area contributed by atoms with Crippen molar-refractivity contribution in [3.63, 3.8) is 0 Å². The van der Waals surface area contributed by atoms with Gasteiger partial charge in [-0.2, -0.15) is 0 Å². The number of hydrogen-bond donors (Lipinski definition) is 2. The first-order chi connectivity index (χ1) is 14.1. The number of hydrogen-bond acceptors (Lipinski definition) is 6. The van der Waals surface area contributed by atoms with Crippen molar-refractivity contribution in [1.82, 2.24) is 5.32 Å². The Morgan fingerprint density at radius 1 is 1.20 bits per heavy atom. The van der Waals surface area contributed by atoms with E-state index in [1.54, 1.807) is 0 Å². The minimum atomic E-state index is -4.10. The highest BCUT2D eigenvalue weighted by molar-refractivity contribution is 7.89. The Balaban J connectivity index is 1.65. The smallest absolute Gasteiger partial charge is 0.312 e. The van der Waals surface area contributed by atoms with Crippen LogP contribution in [0.1, 0.15) is 42.5 Å². The molecule has 0 unspecified atom stereocenters. The van der Waals surface area contributed by atoms with Crippen LogP contribution in [-0.2, 0) is 27.7 Å². The topological polar surface area (TPSA) is 142 Å². The Hall–Kier alpha value is -2.98. The molecule has 160 valence electrons. The maximum Gasteiger partial charge on any atom is 0.312 e. The summed E-state index contributed by atoms with van der Waals surface area (Å²) in [5, 5.41) is 19.0. The highest BCUT2D eigenvalue weighted by atomic mass is 32.2. The molecule has 3 rings (SSSR count). The van der Waals surface area contributed by atoms with Crippen molar-refractivity contribution in [3.05, 3.63) is 63.2 Å². The lowest BCUT2D eigenvalue weighted by atomic mass is 9.89. The zero-order valence-electron chi connectivity index (χ0n) is 16.5. The third-order valence-corrected chi connectivity index (χ3v) is 5.98. The van der Waals surface area contributed by atoms with Gasteiger partial charge in [-0.3, -0.25) is 14.9 Å². The van der Waals surface area contributed by atoms with E-state index in [4.69, 9.17) is 9.88 Å². The summed E-state index contributed by atoms with van der Waals surface area (Å²) in [4.78, 5) is 22.3. The van der Waals surface area contributed by atoms with Gasteiger partial charge in [0.05, 0.1) is 15.9 Å². The molecule has 0 radical (unpaired) electrons. The average molecular weight is 433 g/mol. The second kappa shape index (κ2) is 8.80. The van der Waals surface area contributed by atoms with Crippen molar-refractivity contribution in [1.29, 1.82) is 0 Å². The summed E-state index contributed by atoms with van der Waals surface area (Å²) < 4.78 is 28.0. The molecule has 0 bridgehead atoms. The van der Waals surface area contributed by atoms with Crippen LogP contribution in [0.5, 0.6) is 5.75 Å². The quantitative estimate of drug-likeness (QED) is 0.507. The number of carbonyl (C=O) groups excluding carboxylic acids is 1. The number of nitro benzene ring substituents is 1. The van der Waals surface area contributed by atoms with E-state index in [9.17, 15) is 23.3 Å². The number of primary sulfonamides is 1. The number of rotatable bonds is 7. The molecule has 0 spiro atoms. The van der Waals surface area contributed by atoms with E-state index in [0.717, 1.165) is 43.0 Å². The van der Waals surface area contributed by atoms with Crippen LogP contribution in [0, 0.1) is 10.1 Å². The molecule has 30 heavy (non-hydrogen) atoms. The maximum atomic E-state index is 12.3. The Labute approximate surface area is 174 Å². The number of nitrogens with two attached hydrogens (primary N) is 1. The summed E-state index contributed by atoms with van der Waals surface area (Å²) in [6.45, 7) is 1.40. The number of fused-ring (bicyclic) bond motifs is 1. The summed E-state index contributed by atoms with van der Waals surface area (Å²) >= 11 is 0. The lowest BCUT2D eigenvalue weighted by Gasteiger charge is -2.20. The van der Waals surface area contributed by atoms with Crippen molar-refractivity contribution < 1.29 is 22.9 Å². The first-order valence-electron chi connectivity index (χ1n) is 9.50. The fraction of sp³-hybridized carbons (Fsp3) is 0.350. The van der Waals surface area contributed by atoms with Crippen LogP contribution < -0.4 is 15.2 Å². The molecule has 0 aromatic heterocycles. The standard InChI is InChI=1S/C20H23N3O6S/c1-13(15-7-6-14-4-2-3-5-16(14)10-15)22-20(24)12-29-19-9-8-17(30(21,27)28)11-18(19)23(25)26/h6-11,13H,2-5,12H2,1H3,(H,22,24)(H2,21,27,28)/t13-/m1/s1. The van der Waals surface area contributed by atoms with Gasteiger partial charge in [0.25, 0.3) is 5.91 Å². The summed E-state index contributed by atoms with van der Waals surface area (Å²) in [5.41, 5.74) is 3.05. The SMILES string of the molecule is C[C@@H](NC(=O)COc1ccc(S(N)(=O)=O)cc1[N+](=O)[O-])c1ccc2c(c1)CCCC2. The van der Waals surface area contributed by atoms with Crippen molar-refractivity contribution in [2.24, 2.45) is 5.14 Å². The summed E-state index contributed by atoms with van der Waals surface area (Å²) in [6.07, 6.45) is 4.46. The van der Waals surface area contributed by atoms with Crippen LogP contribution >= 0.6 is 0 Å². The van der Waals surface area contributed by atoms with Crippen LogP contribution in [0.2, 0.25) is 0 Å². The van der Waals surface area contributed by atoms with E-state index in [0.29, 0.717) is 0 Å². The predicted octanol–water partition coefficient (Wildman–Crippen LogP) is 2.38. The minimum Gasteiger partial charge on any atom is -0.477 e. The van der Waals surface area contributed by atoms with Crippen LogP contribution in [0.4, 0.5) is 5.69 Å². The van der Waals surface area contributed by atoms with E-state index in [2.05, 4.69) is 17.4 Å². The Morgan fingerprint density at radius 3 is 2.57 bits per heavy atom. The number of carbonyl (C=O) groups is 1. The van der Waals surface area contributed by atoms with Crippen molar-refractivity contribution >= 4 is 21.6 Å². The summed E-state index contributed by atoms with van der Waals surface area (Å²) in [5.74, 6) is -0.672. The Kier molecular flexibility index (Phi) is 6.37. The number of benzene rings is 2. The van der Waals surface area contributed by atoms with Gasteiger partial charge in [0.15, 0.2) is 12.4 Å². The fourth-order valence-corrected chi connectivity index (χ4v) is 4.00. The molecular formula is C20H23N3O6S. The number of nitrogens with zero attached hydrogens (tertiary/aromatic N) is 1. The monoisotopic (exact) mass is 433 g/mol.